The van der Waals surface area contributed by atoms with Crippen molar-refractivity contribution in [2.45, 2.75) is 23.6 Å². The Morgan fingerprint density at radius 1 is 0.585 bits per heavy atom. The molecule has 21 heteroatoms. The summed E-state index contributed by atoms with van der Waals surface area (Å²) in [5, 5.41) is 68.5. The minimum atomic E-state index is -4.01. The van der Waals surface area contributed by atoms with E-state index < -0.39 is 54.8 Å². The molecule has 0 aliphatic heterocycles. The minimum Gasteiger partial charge on any atom is -0.510 e. The zero-order valence-electron chi connectivity index (χ0n) is 27.6. The molecule has 0 aliphatic rings. The van der Waals surface area contributed by atoms with Gasteiger partial charge in [-0.1, -0.05) is 36.4 Å². The van der Waals surface area contributed by atoms with Gasteiger partial charge in [0, 0.05) is 28.2 Å². The summed E-state index contributed by atoms with van der Waals surface area (Å²) >= 11 is 0. The van der Waals surface area contributed by atoms with Crippen molar-refractivity contribution in [3.8, 4) is 11.5 Å². The Hall–Kier alpha value is -5.97. The second kappa shape index (κ2) is 19.0. The number of nitrogens with one attached hydrogen (secondary N) is 2. The zero-order chi connectivity index (χ0) is 38.6. The van der Waals surface area contributed by atoms with E-state index in [4.69, 9.17) is 10.3 Å². The van der Waals surface area contributed by atoms with Crippen molar-refractivity contribution in [3.05, 3.63) is 120 Å². The van der Waals surface area contributed by atoms with Gasteiger partial charge in [-0.2, -0.15) is 0 Å². The van der Waals surface area contributed by atoms with Crippen LogP contribution in [0.3, 0.4) is 0 Å². The number of phenolic OH excluding ortho intramolecular Hbond substituents is 2. The molecule has 0 saturated heterocycles. The van der Waals surface area contributed by atoms with Gasteiger partial charge >= 0.3 is 0 Å². The van der Waals surface area contributed by atoms with Crippen molar-refractivity contribution in [1.29, 1.82) is 0 Å². The third-order valence-electron chi connectivity index (χ3n) is 6.25. The Bertz CT molecular complexity index is 2130. The van der Waals surface area contributed by atoms with E-state index in [-0.39, 0.29) is 49.4 Å². The molecule has 0 fully saturated rings. The van der Waals surface area contributed by atoms with Crippen LogP contribution in [-0.4, -0.2) is 49.1 Å². The Morgan fingerprint density at radius 2 is 0.906 bits per heavy atom. The number of hydrogen-bond donors (Lipinski definition) is 8. The van der Waals surface area contributed by atoms with E-state index in [1.54, 1.807) is 60.7 Å². The number of anilines is 2. The first-order valence-electron chi connectivity index (χ1n) is 14.4. The molecule has 4 rings (SSSR count). The van der Waals surface area contributed by atoms with Gasteiger partial charge < -0.3 is 31.1 Å². The summed E-state index contributed by atoms with van der Waals surface area (Å²) < 4.78 is 45.5. The molecule has 10 N–H and O–H groups in total. The van der Waals surface area contributed by atoms with Crippen LogP contribution in [0.25, 0.3) is 0 Å². The number of phenols is 2. The number of rotatable bonds is 10. The minimum absolute atomic E-state index is 0. The molecule has 0 bridgehead atoms. The number of carbonyl (C=O) groups is 2. The first-order valence-corrected chi connectivity index (χ1v) is 17.5. The van der Waals surface area contributed by atoms with Crippen LogP contribution < -0.4 is 20.9 Å². The Labute approximate surface area is 313 Å². The van der Waals surface area contributed by atoms with Crippen molar-refractivity contribution in [2.24, 2.45) is 30.7 Å². The average molecular weight is 812 g/mol. The first-order chi connectivity index (χ1) is 24.4. The third kappa shape index (κ3) is 13.3. The molecule has 0 aromatic heterocycles. The van der Waals surface area contributed by atoms with E-state index >= 15 is 0 Å². The van der Waals surface area contributed by atoms with Crippen LogP contribution in [-0.2, 0) is 46.4 Å². The molecule has 53 heavy (non-hydrogen) atoms. The van der Waals surface area contributed by atoms with Gasteiger partial charge in [0.15, 0.2) is 11.4 Å². The number of amides is 2. The second-order valence-electron chi connectivity index (χ2n) is 10.3. The molecule has 0 saturated carbocycles. The van der Waals surface area contributed by atoms with Gasteiger partial charge in [-0.3, -0.25) is 9.59 Å². The molecule has 2 amide bonds. The quantitative estimate of drug-likeness (QED) is 0.0595. The van der Waals surface area contributed by atoms with Crippen LogP contribution in [0, 0.1) is 0 Å². The van der Waals surface area contributed by atoms with E-state index in [0.717, 1.165) is 36.4 Å². The smallest absolute Gasteiger partial charge is 0.279 e. The molecule has 4 aromatic carbocycles. The fourth-order valence-electron chi connectivity index (χ4n) is 3.72. The Morgan fingerprint density at radius 3 is 1.19 bits per heavy atom. The average Bonchev–Trinajstić information content (AvgIpc) is 3.06. The standard InChI is InChI=1S/2C16H16N4O5S.Co/c2*1-10(21)15(16(23)18-11-5-3-2-4-6-11)20-19-13-9-12(26(17,24)25)7-8-14(13)22;/h2*2-9,21-22H,1H3,(H,18,23)(H2,17,24,25);. The number of sulfonamides is 2. The number of nitrogens with zero attached hydrogens (tertiary/aromatic N) is 4. The van der Waals surface area contributed by atoms with E-state index in [0.29, 0.717) is 11.4 Å². The zero-order valence-corrected chi connectivity index (χ0v) is 30.2. The maximum absolute atomic E-state index is 12.2. The van der Waals surface area contributed by atoms with E-state index in [1.807, 2.05) is 0 Å². The number of para-hydroxylation sites is 2. The first kappa shape index (κ1) is 43.2. The molecule has 0 aliphatic carbocycles. The van der Waals surface area contributed by atoms with Crippen molar-refractivity contribution in [2.75, 3.05) is 10.6 Å². The van der Waals surface area contributed by atoms with Crippen LogP contribution in [0.2, 0.25) is 0 Å². The molecular formula is C32H32CoN8O10S2. The summed E-state index contributed by atoms with van der Waals surface area (Å²) in [6, 6.07) is 23.3. The maximum Gasteiger partial charge on any atom is 0.279 e. The van der Waals surface area contributed by atoms with E-state index in [2.05, 4.69) is 31.1 Å². The molecule has 1 radical (unpaired) electrons. The van der Waals surface area contributed by atoms with Gasteiger partial charge in [-0.25, -0.2) is 27.1 Å². The van der Waals surface area contributed by atoms with Gasteiger partial charge in [0.05, 0.1) is 9.79 Å². The molecule has 0 unspecified atom stereocenters. The molecule has 281 valence electrons. The van der Waals surface area contributed by atoms with Crippen LogP contribution >= 0.6 is 0 Å². The number of azo groups is 2. The van der Waals surface area contributed by atoms with Crippen LogP contribution in [0.1, 0.15) is 13.8 Å². The van der Waals surface area contributed by atoms with Crippen molar-refractivity contribution >= 4 is 54.6 Å². The third-order valence-corrected chi connectivity index (χ3v) is 8.07. The van der Waals surface area contributed by atoms with Crippen LogP contribution in [0.5, 0.6) is 11.5 Å². The van der Waals surface area contributed by atoms with Crippen molar-refractivity contribution < 1.29 is 63.6 Å². The Balaban J connectivity index is 0.000000360. The van der Waals surface area contributed by atoms with Crippen LogP contribution in [0.4, 0.5) is 22.7 Å². The monoisotopic (exact) mass is 811 g/mol. The normalized spacial score (nSPS) is 12.5. The SMILES string of the molecule is CC(O)=C(N=Nc1cc(S(N)(=O)=O)ccc1O)C(=O)Nc1ccccc1.CC(O)=C(N=Nc1cc(S(N)(=O)=O)ccc1O)C(=O)Nc1ccccc1.[Co]. The van der Waals surface area contributed by atoms with Gasteiger partial charge in [0.25, 0.3) is 11.8 Å². The number of aromatic hydroxyl groups is 2. The number of primary sulfonamides is 2. The van der Waals surface area contributed by atoms with Gasteiger partial charge in [0.1, 0.15) is 34.4 Å². The molecule has 4 aromatic rings. The number of nitrogens with two attached hydrogens (primary N) is 2. The van der Waals surface area contributed by atoms with E-state index in [9.17, 15) is 46.9 Å². The summed E-state index contributed by atoms with van der Waals surface area (Å²) in [7, 11) is -8.01. The van der Waals surface area contributed by atoms with Gasteiger partial charge in [0.2, 0.25) is 20.0 Å². The second-order valence-corrected chi connectivity index (χ2v) is 13.4. The number of hydrogen-bond acceptors (Lipinski definition) is 14. The summed E-state index contributed by atoms with van der Waals surface area (Å²) in [6.45, 7) is 2.47. The molecule has 0 atom stereocenters. The molecular weight excluding hydrogens is 779 g/mol. The predicted octanol–water partition coefficient (Wildman–Crippen LogP) is 5.10. The number of benzene rings is 4. The van der Waals surface area contributed by atoms with Crippen molar-refractivity contribution in [3.63, 3.8) is 0 Å². The maximum atomic E-state index is 12.2. The largest absolute Gasteiger partial charge is 0.510 e. The van der Waals surface area contributed by atoms with Gasteiger partial charge in [-0.05, 0) is 74.5 Å². The molecule has 0 spiro atoms. The number of carbonyl (C=O) groups excluding carboxylic acids is 2. The number of aliphatic hydroxyl groups is 2. The summed E-state index contributed by atoms with van der Waals surface area (Å²) in [5.41, 5.74) is -0.329. The Kier molecular flexibility index (Phi) is 15.5. The predicted molar refractivity (Wildman–Crippen MR) is 189 cm³/mol. The fraction of sp³-hybridized carbons (Fsp3) is 0.0625. The number of allylic oxidation sites excluding steroid dienone is 2. The number of aliphatic hydroxyl groups excluding tert-OH is 2. The van der Waals surface area contributed by atoms with Gasteiger partial charge in [-0.15, -0.1) is 20.5 Å². The van der Waals surface area contributed by atoms with E-state index in [1.165, 1.54) is 13.8 Å². The molecule has 0 heterocycles. The summed E-state index contributed by atoms with van der Waals surface area (Å²) in [6.07, 6.45) is 0. The van der Waals surface area contributed by atoms with Crippen molar-refractivity contribution in [1.82, 2.24) is 0 Å². The fourth-order valence-corrected chi connectivity index (χ4v) is 4.78. The molecule has 18 nitrogen and oxygen atoms in total. The summed E-state index contributed by atoms with van der Waals surface area (Å²) in [4.78, 5) is 23.9. The summed E-state index contributed by atoms with van der Waals surface area (Å²) in [5.74, 6) is -3.04. The van der Waals surface area contributed by atoms with Crippen LogP contribution in [0.15, 0.2) is 150 Å². The topological polar surface area (TPSA) is 309 Å².